The molecule has 0 bridgehead atoms. The third-order valence-corrected chi connectivity index (χ3v) is 5.69. The standard InChI is InChI=1S/C26H22ClN3O2/c1-26(2)15-19-14-21(12-13-23(19)32-26)28-25(31)30-16-22(17-6-4-3-5-7-17)24(29-30)18-8-10-20(27)11-9-18/h3-14,16H,15H2,1-2H3,(H,28,31). The van der Waals surface area contributed by atoms with Crippen LogP contribution in [0.4, 0.5) is 10.5 Å². The summed E-state index contributed by atoms with van der Waals surface area (Å²) in [5, 5.41) is 8.22. The summed E-state index contributed by atoms with van der Waals surface area (Å²) in [5.41, 5.74) is 5.01. The summed E-state index contributed by atoms with van der Waals surface area (Å²) in [7, 11) is 0. The maximum atomic E-state index is 13.1. The number of fused-ring (bicyclic) bond motifs is 1. The van der Waals surface area contributed by atoms with Crippen LogP contribution in [-0.4, -0.2) is 21.4 Å². The maximum Gasteiger partial charge on any atom is 0.346 e. The van der Waals surface area contributed by atoms with Crippen LogP contribution in [0.25, 0.3) is 22.4 Å². The van der Waals surface area contributed by atoms with E-state index in [1.807, 2.05) is 72.8 Å². The Morgan fingerprint density at radius 3 is 2.53 bits per heavy atom. The average molecular weight is 444 g/mol. The van der Waals surface area contributed by atoms with Gasteiger partial charge in [0, 0.05) is 40.0 Å². The Kier molecular flexibility index (Phi) is 4.98. The smallest absolute Gasteiger partial charge is 0.346 e. The Bertz CT molecular complexity index is 1290. The molecule has 160 valence electrons. The first kappa shape index (κ1) is 20.3. The van der Waals surface area contributed by atoms with Gasteiger partial charge in [-0.05, 0) is 49.7 Å². The SMILES string of the molecule is CC1(C)Cc2cc(NC(=O)n3cc(-c4ccccc4)c(-c4ccc(Cl)cc4)n3)ccc2O1. The summed E-state index contributed by atoms with van der Waals surface area (Å²) in [6.45, 7) is 4.11. The molecule has 3 aromatic carbocycles. The molecule has 5 nitrogen and oxygen atoms in total. The van der Waals surface area contributed by atoms with Crippen molar-refractivity contribution in [3.8, 4) is 28.1 Å². The van der Waals surface area contributed by atoms with Gasteiger partial charge in [0.05, 0.1) is 0 Å². The van der Waals surface area contributed by atoms with Crippen molar-refractivity contribution in [3.63, 3.8) is 0 Å². The van der Waals surface area contributed by atoms with Gasteiger partial charge in [0.2, 0.25) is 0 Å². The molecule has 1 amide bonds. The summed E-state index contributed by atoms with van der Waals surface area (Å²) in [6.07, 6.45) is 2.56. The van der Waals surface area contributed by atoms with Gasteiger partial charge >= 0.3 is 6.03 Å². The van der Waals surface area contributed by atoms with Gasteiger partial charge < -0.3 is 10.1 Å². The lowest BCUT2D eigenvalue weighted by atomic mass is 10.0. The molecule has 0 spiro atoms. The molecule has 0 unspecified atom stereocenters. The Morgan fingerprint density at radius 1 is 1.03 bits per heavy atom. The van der Waals surface area contributed by atoms with Crippen LogP contribution in [0.5, 0.6) is 5.75 Å². The van der Waals surface area contributed by atoms with Crippen molar-refractivity contribution < 1.29 is 9.53 Å². The van der Waals surface area contributed by atoms with Crippen LogP contribution in [-0.2, 0) is 6.42 Å². The summed E-state index contributed by atoms with van der Waals surface area (Å²) in [5.74, 6) is 0.864. The zero-order valence-electron chi connectivity index (χ0n) is 17.8. The molecule has 1 aromatic heterocycles. The van der Waals surface area contributed by atoms with E-state index < -0.39 is 0 Å². The molecule has 0 saturated carbocycles. The zero-order chi connectivity index (χ0) is 22.3. The van der Waals surface area contributed by atoms with Crippen LogP contribution in [0.15, 0.2) is 79.0 Å². The van der Waals surface area contributed by atoms with Crippen molar-refractivity contribution >= 4 is 23.3 Å². The molecule has 4 aromatic rings. The number of rotatable bonds is 3. The van der Waals surface area contributed by atoms with Crippen molar-refractivity contribution in [2.24, 2.45) is 0 Å². The van der Waals surface area contributed by atoms with Gasteiger partial charge in [0.1, 0.15) is 17.0 Å². The molecule has 1 N–H and O–H groups in total. The van der Waals surface area contributed by atoms with E-state index in [1.54, 1.807) is 6.20 Å². The highest BCUT2D eigenvalue weighted by atomic mass is 35.5. The fourth-order valence-electron chi connectivity index (χ4n) is 4.00. The van der Waals surface area contributed by atoms with E-state index in [0.717, 1.165) is 34.4 Å². The quantitative estimate of drug-likeness (QED) is 0.385. The second-order valence-corrected chi connectivity index (χ2v) is 8.94. The van der Waals surface area contributed by atoms with E-state index in [0.29, 0.717) is 16.4 Å². The molecule has 32 heavy (non-hydrogen) atoms. The summed E-state index contributed by atoms with van der Waals surface area (Å²) in [4.78, 5) is 13.1. The number of aromatic nitrogens is 2. The number of nitrogens with zero attached hydrogens (tertiary/aromatic N) is 2. The predicted octanol–water partition coefficient (Wildman–Crippen LogP) is 6.66. The Hall–Kier alpha value is -3.57. The van der Waals surface area contributed by atoms with Crippen molar-refractivity contribution in [2.75, 3.05) is 5.32 Å². The van der Waals surface area contributed by atoms with Gasteiger partial charge in [-0.3, -0.25) is 0 Å². The van der Waals surface area contributed by atoms with Gasteiger partial charge in [0.25, 0.3) is 0 Å². The highest BCUT2D eigenvalue weighted by Gasteiger charge is 2.30. The van der Waals surface area contributed by atoms with Crippen molar-refractivity contribution in [1.29, 1.82) is 0 Å². The van der Waals surface area contributed by atoms with Crippen molar-refractivity contribution in [3.05, 3.63) is 89.6 Å². The number of benzene rings is 3. The minimum absolute atomic E-state index is 0.231. The average Bonchev–Trinajstić information content (AvgIpc) is 3.35. The fourth-order valence-corrected chi connectivity index (χ4v) is 4.12. The molecule has 1 aliphatic heterocycles. The molecule has 5 rings (SSSR count). The second kappa shape index (κ2) is 7.84. The number of ether oxygens (including phenoxy) is 1. The largest absolute Gasteiger partial charge is 0.487 e. The van der Waals surface area contributed by atoms with Crippen molar-refractivity contribution in [1.82, 2.24) is 9.78 Å². The zero-order valence-corrected chi connectivity index (χ0v) is 18.6. The number of hydrogen-bond acceptors (Lipinski definition) is 3. The van der Waals surface area contributed by atoms with E-state index in [1.165, 1.54) is 4.68 Å². The third kappa shape index (κ3) is 3.99. The molecule has 0 aliphatic carbocycles. The number of hydrogen-bond donors (Lipinski definition) is 1. The molecular weight excluding hydrogens is 422 g/mol. The highest BCUT2D eigenvalue weighted by molar-refractivity contribution is 6.30. The molecule has 6 heteroatoms. The van der Waals surface area contributed by atoms with Crippen molar-refractivity contribution in [2.45, 2.75) is 25.9 Å². The summed E-state index contributed by atoms with van der Waals surface area (Å²) < 4.78 is 7.27. The van der Waals surface area contributed by atoms with Crippen LogP contribution in [0, 0.1) is 0 Å². The molecule has 0 saturated heterocycles. The van der Waals surface area contributed by atoms with E-state index in [-0.39, 0.29) is 11.6 Å². The molecular formula is C26H22ClN3O2. The molecule has 0 radical (unpaired) electrons. The third-order valence-electron chi connectivity index (χ3n) is 5.44. The lowest BCUT2D eigenvalue weighted by molar-refractivity contribution is 0.138. The van der Waals surface area contributed by atoms with E-state index in [4.69, 9.17) is 16.3 Å². The molecule has 2 heterocycles. The van der Waals surface area contributed by atoms with Gasteiger partial charge in [0.15, 0.2) is 0 Å². The summed E-state index contributed by atoms with van der Waals surface area (Å²) >= 11 is 6.06. The van der Waals surface area contributed by atoms with Crippen LogP contribution in [0.3, 0.4) is 0 Å². The topological polar surface area (TPSA) is 56.2 Å². The maximum absolute atomic E-state index is 13.1. The lowest BCUT2D eigenvalue weighted by Gasteiger charge is -2.16. The Labute approximate surface area is 191 Å². The minimum atomic E-state index is -0.333. The number of carbonyl (C=O) groups excluding carboxylic acids is 1. The Morgan fingerprint density at radius 2 is 1.78 bits per heavy atom. The van der Waals surface area contributed by atoms with Crippen LogP contribution in [0.1, 0.15) is 19.4 Å². The first-order valence-electron chi connectivity index (χ1n) is 10.4. The van der Waals surface area contributed by atoms with E-state index in [2.05, 4.69) is 24.3 Å². The second-order valence-electron chi connectivity index (χ2n) is 8.50. The number of anilines is 1. The van der Waals surface area contributed by atoms with Crippen LogP contribution < -0.4 is 10.1 Å². The fraction of sp³-hybridized carbons (Fsp3) is 0.154. The molecule has 1 aliphatic rings. The predicted molar refractivity (Wildman–Crippen MR) is 127 cm³/mol. The van der Waals surface area contributed by atoms with Gasteiger partial charge in [-0.25, -0.2) is 4.79 Å². The van der Waals surface area contributed by atoms with E-state index >= 15 is 0 Å². The van der Waals surface area contributed by atoms with Gasteiger partial charge in [-0.15, -0.1) is 0 Å². The first-order valence-corrected chi connectivity index (χ1v) is 10.8. The minimum Gasteiger partial charge on any atom is -0.487 e. The molecule has 0 atom stereocenters. The number of nitrogens with one attached hydrogen (secondary N) is 1. The molecule has 0 fully saturated rings. The Balaban J connectivity index is 1.47. The van der Waals surface area contributed by atoms with Crippen LogP contribution in [0.2, 0.25) is 5.02 Å². The number of carbonyl (C=O) groups is 1. The monoisotopic (exact) mass is 443 g/mol. The number of halogens is 1. The lowest BCUT2D eigenvalue weighted by Crippen LogP contribution is -2.24. The van der Waals surface area contributed by atoms with Gasteiger partial charge in [-0.2, -0.15) is 9.78 Å². The normalized spacial score (nSPS) is 14.0. The summed E-state index contributed by atoms with van der Waals surface area (Å²) in [6, 6.07) is 22.7. The van der Waals surface area contributed by atoms with Gasteiger partial charge in [-0.1, -0.05) is 54.1 Å². The van der Waals surface area contributed by atoms with Crippen LogP contribution >= 0.6 is 11.6 Å². The first-order chi connectivity index (χ1) is 15.4. The number of amides is 1. The van der Waals surface area contributed by atoms with E-state index in [9.17, 15) is 4.79 Å². The highest BCUT2D eigenvalue weighted by Crippen LogP contribution is 2.36.